The van der Waals surface area contributed by atoms with E-state index in [1.54, 1.807) is 27.0 Å². The third-order valence-corrected chi connectivity index (χ3v) is 1.15. The number of nitrogens with zero attached hydrogens (tertiary/aromatic N) is 2. The Kier molecular flexibility index (Phi) is 73.7. The maximum absolute atomic E-state index is 8.70. The second kappa shape index (κ2) is 43.4. The van der Waals surface area contributed by atoms with E-state index in [1.807, 2.05) is 27.7 Å². The SMILES string of the molecule is CC.CN=P.C[C-]=C(O)N[C-]=CCC.[CH-]=C(C)N=[C-]CC.[Y].[Y]. The first-order valence-corrected chi connectivity index (χ1v) is 7.29. The van der Waals surface area contributed by atoms with Gasteiger partial charge in [-0.2, -0.15) is 24.4 Å². The van der Waals surface area contributed by atoms with E-state index in [4.69, 9.17) is 11.7 Å². The molecule has 0 aliphatic carbocycles. The zero-order chi connectivity index (χ0) is 17.5. The molecule has 0 atom stereocenters. The minimum atomic E-state index is 0. The number of hydrogen-bond donors (Lipinski definition) is 2. The minimum absolute atomic E-state index is 0. The van der Waals surface area contributed by atoms with Crippen LogP contribution in [0.25, 0.3) is 0 Å². The number of allylic oxidation sites excluding steroid dienone is 3. The molecule has 0 saturated carbocycles. The van der Waals surface area contributed by atoms with E-state index in [-0.39, 0.29) is 71.3 Å². The fraction of sp³-hybridized carbons (Fsp3) is 0.562. The molecule has 23 heavy (non-hydrogen) atoms. The third kappa shape index (κ3) is 70.8. The molecular weight excluding hydrogens is 459 g/mol. The quantitative estimate of drug-likeness (QED) is 0.184. The summed E-state index contributed by atoms with van der Waals surface area (Å²) < 4.78 is 3.31. The van der Waals surface area contributed by atoms with Crippen LogP contribution in [-0.2, 0) is 65.4 Å². The molecular formula is C16H30N3OPY2-4. The predicted octanol–water partition coefficient (Wildman–Crippen LogP) is 5.17. The van der Waals surface area contributed by atoms with Crippen LogP contribution in [0.4, 0.5) is 0 Å². The molecule has 4 nitrogen and oxygen atoms in total. The Morgan fingerprint density at radius 2 is 1.74 bits per heavy atom. The van der Waals surface area contributed by atoms with Crippen molar-refractivity contribution in [1.82, 2.24) is 5.32 Å². The average molecular weight is 489 g/mol. The predicted molar refractivity (Wildman–Crippen MR) is 95.5 cm³/mol. The van der Waals surface area contributed by atoms with Crippen LogP contribution in [0.2, 0.25) is 0 Å². The van der Waals surface area contributed by atoms with Crippen LogP contribution in [0.15, 0.2) is 27.4 Å². The van der Waals surface area contributed by atoms with Crippen LogP contribution in [0.5, 0.6) is 0 Å². The molecule has 2 N–H and O–H groups in total. The Hall–Kier alpha value is 0.798. The van der Waals surface area contributed by atoms with Crippen molar-refractivity contribution in [2.45, 2.75) is 54.4 Å². The summed E-state index contributed by atoms with van der Waals surface area (Å²) in [5.74, 6) is 0.0136. The van der Waals surface area contributed by atoms with E-state index >= 15 is 0 Å². The average Bonchev–Trinajstić information content (AvgIpc) is 2.48. The van der Waals surface area contributed by atoms with E-state index < -0.39 is 0 Å². The molecule has 130 valence electrons. The van der Waals surface area contributed by atoms with Gasteiger partial charge in [-0.15, -0.1) is 6.92 Å². The third-order valence-electron chi connectivity index (χ3n) is 1.15. The fourth-order valence-corrected chi connectivity index (χ4v) is 0.488. The molecule has 0 aromatic heterocycles. The van der Waals surface area contributed by atoms with E-state index in [0.29, 0.717) is 5.70 Å². The number of aliphatic hydroxyl groups is 1. The van der Waals surface area contributed by atoms with Crippen molar-refractivity contribution in [3.8, 4) is 0 Å². The number of rotatable bonds is 5. The van der Waals surface area contributed by atoms with Crippen LogP contribution in [0, 0.1) is 18.9 Å². The van der Waals surface area contributed by atoms with Gasteiger partial charge in [-0.25, -0.2) is 6.92 Å². The Bertz CT molecular complexity index is 308. The first-order valence-electron chi connectivity index (χ1n) is 6.85. The number of nitrogens with one attached hydrogen (secondary N) is 1. The molecule has 0 aliphatic heterocycles. The maximum Gasteiger partial charge on any atom is 0.0317 e. The molecule has 0 aliphatic rings. The van der Waals surface area contributed by atoms with Crippen molar-refractivity contribution in [1.29, 1.82) is 0 Å². The van der Waals surface area contributed by atoms with Gasteiger partial charge >= 0.3 is 0 Å². The summed E-state index contributed by atoms with van der Waals surface area (Å²) in [4.78, 5) is 3.69. The second-order valence-electron chi connectivity index (χ2n) is 2.97. The first-order chi connectivity index (χ1) is 9.99. The normalized spacial score (nSPS) is 8.74. The van der Waals surface area contributed by atoms with Crippen molar-refractivity contribution in [2.24, 2.45) is 9.74 Å². The van der Waals surface area contributed by atoms with Crippen molar-refractivity contribution >= 4 is 15.2 Å². The van der Waals surface area contributed by atoms with E-state index in [0.717, 1.165) is 12.8 Å². The van der Waals surface area contributed by atoms with Crippen LogP contribution < -0.4 is 5.32 Å². The molecule has 2 radical (unpaired) electrons. The molecule has 0 aromatic carbocycles. The summed E-state index contributed by atoms with van der Waals surface area (Å²) in [6.45, 7) is 16.5. The molecule has 0 rings (SSSR count). The van der Waals surface area contributed by atoms with Crippen LogP contribution in [-0.4, -0.2) is 18.4 Å². The van der Waals surface area contributed by atoms with Gasteiger partial charge in [-0.1, -0.05) is 40.5 Å². The maximum atomic E-state index is 8.70. The number of aliphatic hydroxyl groups excluding tert-OH is 1. The van der Waals surface area contributed by atoms with Gasteiger partial charge in [0.2, 0.25) is 0 Å². The molecule has 0 unspecified atom stereocenters. The number of aliphatic imine (C=N–C) groups is 1. The Labute approximate surface area is 196 Å². The number of hydrogen-bond acceptors (Lipinski definition) is 4. The van der Waals surface area contributed by atoms with Crippen LogP contribution in [0.3, 0.4) is 0 Å². The van der Waals surface area contributed by atoms with Gasteiger partial charge in [0.15, 0.2) is 0 Å². The summed E-state index contributed by atoms with van der Waals surface area (Å²) in [5, 5.41) is 11.2. The van der Waals surface area contributed by atoms with Crippen molar-refractivity contribution in [3.63, 3.8) is 0 Å². The van der Waals surface area contributed by atoms with Gasteiger partial charge in [0.1, 0.15) is 0 Å². The summed E-state index contributed by atoms with van der Waals surface area (Å²) in [7, 11) is 4.47. The topological polar surface area (TPSA) is 57.0 Å². The minimum Gasteiger partial charge on any atom is -0.612 e. The summed E-state index contributed by atoms with van der Waals surface area (Å²) in [5.41, 5.74) is 0.571. The second-order valence-corrected chi connectivity index (χ2v) is 3.42. The van der Waals surface area contributed by atoms with E-state index in [1.165, 1.54) is 0 Å². The Balaban J connectivity index is -0.0000000465. The van der Waals surface area contributed by atoms with Crippen LogP contribution in [0.1, 0.15) is 54.4 Å². The zero-order valence-corrected chi connectivity index (χ0v) is 22.2. The molecule has 0 amide bonds. The smallest absolute Gasteiger partial charge is 0.0317 e. The molecule has 0 fully saturated rings. The van der Waals surface area contributed by atoms with Gasteiger partial charge in [-0.05, 0) is 9.03 Å². The van der Waals surface area contributed by atoms with E-state index in [2.05, 4.69) is 42.6 Å². The van der Waals surface area contributed by atoms with Gasteiger partial charge in [0.25, 0.3) is 0 Å². The van der Waals surface area contributed by atoms with Crippen molar-refractivity contribution < 1.29 is 70.5 Å². The Morgan fingerprint density at radius 1 is 1.30 bits per heavy atom. The van der Waals surface area contributed by atoms with Gasteiger partial charge in [0, 0.05) is 72.5 Å². The fourth-order valence-electron chi connectivity index (χ4n) is 0.488. The largest absolute Gasteiger partial charge is 0.612 e. The standard InChI is InChI=1S/C7H11NO.C6H9N.C2H6.CH4NP.2Y/c1-3-5-6-8-7(9)4-2;1-4-5-7-6(2)3;1-2;1-2-3;;/h5,8-9H,3H2,1-2H3;2H,4H2,1,3H3;1-2H3;3H,1H3;;/q2*-2;;;;. The van der Waals surface area contributed by atoms with Gasteiger partial charge in [0.05, 0.1) is 0 Å². The molecule has 0 saturated heterocycles. The monoisotopic (exact) mass is 489 g/mol. The molecule has 0 spiro atoms. The Morgan fingerprint density at radius 3 is 1.96 bits per heavy atom. The van der Waals surface area contributed by atoms with Crippen molar-refractivity contribution in [3.05, 3.63) is 36.5 Å². The van der Waals surface area contributed by atoms with E-state index in [9.17, 15) is 0 Å². The summed E-state index contributed by atoms with van der Waals surface area (Å²) in [6.07, 6.45) is 11.4. The molecule has 7 heteroatoms. The molecule has 0 aromatic rings. The molecule has 0 bridgehead atoms. The zero-order valence-electron chi connectivity index (χ0n) is 15.6. The summed E-state index contributed by atoms with van der Waals surface area (Å²) in [6, 6.07) is 0. The first kappa shape index (κ1) is 39.0. The summed E-state index contributed by atoms with van der Waals surface area (Å²) >= 11 is 0. The van der Waals surface area contributed by atoms with Crippen LogP contribution >= 0.6 is 9.03 Å². The van der Waals surface area contributed by atoms with Crippen molar-refractivity contribution in [2.75, 3.05) is 7.05 Å². The van der Waals surface area contributed by atoms with Gasteiger partial charge in [-0.3, -0.25) is 4.74 Å². The molecule has 0 heterocycles. The van der Waals surface area contributed by atoms with Gasteiger partial charge < -0.3 is 33.8 Å².